The maximum absolute atomic E-state index is 11.1. The van der Waals surface area contributed by atoms with Crippen LogP contribution in [0.3, 0.4) is 0 Å². The van der Waals surface area contributed by atoms with Crippen LogP contribution in [0.4, 0.5) is 0 Å². The quantitative estimate of drug-likeness (QED) is 0.637. The molecule has 0 radical (unpaired) electrons. The fraction of sp³-hybridized carbons (Fsp3) is 0.889. The summed E-state index contributed by atoms with van der Waals surface area (Å²) < 4.78 is 0. The Balaban J connectivity index is 3.46. The minimum Gasteiger partial charge on any atom is -0.298 e. The van der Waals surface area contributed by atoms with Crippen LogP contribution >= 0.6 is 11.8 Å². The molecule has 0 saturated heterocycles. The summed E-state index contributed by atoms with van der Waals surface area (Å²) in [5.41, 5.74) is 0. The number of carbonyl (C=O) groups excluding carboxylic acids is 1. The summed E-state index contributed by atoms with van der Waals surface area (Å²) in [7, 11) is 0. The third-order valence-electron chi connectivity index (χ3n) is 1.73. The van der Waals surface area contributed by atoms with Crippen molar-refractivity contribution in [3.05, 3.63) is 0 Å². The largest absolute Gasteiger partial charge is 0.298 e. The van der Waals surface area contributed by atoms with Crippen LogP contribution in [0.2, 0.25) is 0 Å². The van der Waals surface area contributed by atoms with Gasteiger partial charge in [-0.1, -0.05) is 27.7 Å². The number of hydrogen-bond donors (Lipinski definition) is 0. The lowest BCUT2D eigenvalue weighted by Gasteiger charge is -2.08. The van der Waals surface area contributed by atoms with E-state index in [-0.39, 0.29) is 5.92 Å². The molecule has 0 N–H and O–H groups in total. The molecule has 0 saturated carbocycles. The van der Waals surface area contributed by atoms with Crippen molar-refractivity contribution in [2.45, 2.75) is 39.4 Å². The lowest BCUT2D eigenvalue weighted by Crippen LogP contribution is -2.11. The van der Waals surface area contributed by atoms with E-state index >= 15 is 0 Å². The standard InChI is InChI=1S/C9H18OS/c1-5-8(4)11-6-9(10)7(2)3/h7-8H,5-6H2,1-4H3. The minimum absolute atomic E-state index is 0.201. The Morgan fingerprint density at radius 3 is 2.27 bits per heavy atom. The highest BCUT2D eigenvalue weighted by Gasteiger charge is 2.08. The Kier molecular flexibility index (Phi) is 5.65. The molecule has 0 aromatic carbocycles. The highest BCUT2D eigenvalue weighted by Crippen LogP contribution is 2.14. The van der Waals surface area contributed by atoms with E-state index in [1.807, 2.05) is 13.8 Å². The Morgan fingerprint density at radius 2 is 1.91 bits per heavy atom. The Bertz CT molecular complexity index is 121. The molecule has 0 bridgehead atoms. The average Bonchev–Trinajstić information content (AvgIpc) is 1.99. The van der Waals surface area contributed by atoms with Crippen molar-refractivity contribution in [3.8, 4) is 0 Å². The molecule has 0 aliphatic carbocycles. The van der Waals surface area contributed by atoms with E-state index in [4.69, 9.17) is 0 Å². The van der Waals surface area contributed by atoms with Crippen LogP contribution in [0.15, 0.2) is 0 Å². The van der Waals surface area contributed by atoms with Crippen molar-refractivity contribution in [2.24, 2.45) is 5.92 Å². The zero-order valence-electron chi connectivity index (χ0n) is 7.89. The van der Waals surface area contributed by atoms with Crippen molar-refractivity contribution < 1.29 is 4.79 Å². The van der Waals surface area contributed by atoms with Crippen LogP contribution in [0.5, 0.6) is 0 Å². The van der Waals surface area contributed by atoms with E-state index in [2.05, 4.69) is 13.8 Å². The molecule has 0 spiro atoms. The Hall–Kier alpha value is 0.0200. The van der Waals surface area contributed by atoms with Gasteiger partial charge in [0.25, 0.3) is 0 Å². The van der Waals surface area contributed by atoms with Gasteiger partial charge in [-0.05, 0) is 6.42 Å². The smallest absolute Gasteiger partial charge is 0.145 e. The van der Waals surface area contributed by atoms with Crippen molar-refractivity contribution >= 4 is 17.5 Å². The molecule has 1 unspecified atom stereocenters. The van der Waals surface area contributed by atoms with Crippen molar-refractivity contribution in [1.29, 1.82) is 0 Å². The van der Waals surface area contributed by atoms with Gasteiger partial charge in [0, 0.05) is 11.2 Å². The van der Waals surface area contributed by atoms with Gasteiger partial charge in [0.2, 0.25) is 0 Å². The molecule has 0 amide bonds. The molecular weight excluding hydrogens is 156 g/mol. The summed E-state index contributed by atoms with van der Waals surface area (Å²) in [4.78, 5) is 11.1. The molecule has 66 valence electrons. The van der Waals surface area contributed by atoms with Crippen molar-refractivity contribution in [2.75, 3.05) is 5.75 Å². The lowest BCUT2D eigenvalue weighted by molar-refractivity contribution is -0.119. The topological polar surface area (TPSA) is 17.1 Å². The first-order chi connectivity index (χ1) is 5.07. The number of hydrogen-bond acceptors (Lipinski definition) is 2. The van der Waals surface area contributed by atoms with Gasteiger partial charge in [0.15, 0.2) is 0 Å². The van der Waals surface area contributed by atoms with Gasteiger partial charge in [0.05, 0.1) is 5.75 Å². The second-order valence-electron chi connectivity index (χ2n) is 3.15. The molecule has 0 aromatic rings. The van der Waals surface area contributed by atoms with Gasteiger partial charge in [-0.3, -0.25) is 4.79 Å². The number of thioether (sulfide) groups is 1. The first-order valence-electron chi connectivity index (χ1n) is 4.22. The van der Waals surface area contributed by atoms with E-state index in [9.17, 15) is 4.79 Å². The molecule has 11 heavy (non-hydrogen) atoms. The van der Waals surface area contributed by atoms with Gasteiger partial charge in [-0.2, -0.15) is 11.8 Å². The van der Waals surface area contributed by atoms with E-state index < -0.39 is 0 Å². The second kappa shape index (κ2) is 5.64. The number of rotatable bonds is 5. The molecule has 0 fully saturated rings. The SMILES string of the molecule is CCC(C)SCC(=O)C(C)C. The van der Waals surface area contributed by atoms with Crippen molar-refractivity contribution in [3.63, 3.8) is 0 Å². The van der Waals surface area contributed by atoms with Crippen LogP contribution in [0.1, 0.15) is 34.1 Å². The van der Waals surface area contributed by atoms with Gasteiger partial charge in [-0.25, -0.2) is 0 Å². The van der Waals surface area contributed by atoms with Crippen LogP contribution in [0, 0.1) is 5.92 Å². The predicted molar refractivity (Wildman–Crippen MR) is 52.1 cm³/mol. The summed E-state index contributed by atoms with van der Waals surface area (Å²) in [6.45, 7) is 8.23. The van der Waals surface area contributed by atoms with Gasteiger partial charge in [-0.15, -0.1) is 0 Å². The third kappa shape index (κ3) is 5.31. The maximum Gasteiger partial charge on any atom is 0.145 e. The molecule has 0 rings (SSSR count). The average molecular weight is 174 g/mol. The van der Waals surface area contributed by atoms with Gasteiger partial charge >= 0.3 is 0 Å². The lowest BCUT2D eigenvalue weighted by atomic mass is 10.1. The Morgan fingerprint density at radius 1 is 1.36 bits per heavy atom. The minimum atomic E-state index is 0.201. The Labute approximate surface area is 73.9 Å². The first kappa shape index (κ1) is 11.0. The zero-order valence-corrected chi connectivity index (χ0v) is 8.70. The molecule has 1 atom stereocenters. The summed E-state index contributed by atoms with van der Waals surface area (Å²) in [6, 6.07) is 0. The molecule has 0 aromatic heterocycles. The van der Waals surface area contributed by atoms with Crippen molar-refractivity contribution in [1.82, 2.24) is 0 Å². The molecule has 0 aliphatic heterocycles. The van der Waals surface area contributed by atoms with Gasteiger partial charge in [0.1, 0.15) is 5.78 Å². The van der Waals surface area contributed by atoms with E-state index in [1.165, 1.54) is 0 Å². The van der Waals surface area contributed by atoms with Crippen LogP contribution in [-0.2, 0) is 4.79 Å². The molecule has 0 heterocycles. The molecule has 2 heteroatoms. The normalized spacial score (nSPS) is 13.5. The maximum atomic E-state index is 11.1. The molecule has 0 aliphatic rings. The van der Waals surface area contributed by atoms with E-state index in [0.717, 1.165) is 6.42 Å². The summed E-state index contributed by atoms with van der Waals surface area (Å²) in [6.07, 6.45) is 1.15. The summed E-state index contributed by atoms with van der Waals surface area (Å²) in [5.74, 6) is 1.26. The summed E-state index contributed by atoms with van der Waals surface area (Å²) in [5, 5.41) is 0.623. The number of Topliss-reactive ketones (excluding diaryl/α,β-unsaturated/α-hetero) is 1. The molecule has 1 nitrogen and oxygen atoms in total. The van der Waals surface area contributed by atoms with E-state index in [0.29, 0.717) is 16.8 Å². The predicted octanol–water partition coefficient (Wildman–Crippen LogP) is 2.74. The van der Waals surface area contributed by atoms with Crippen LogP contribution in [0.25, 0.3) is 0 Å². The van der Waals surface area contributed by atoms with E-state index in [1.54, 1.807) is 11.8 Å². The zero-order chi connectivity index (χ0) is 8.85. The first-order valence-corrected chi connectivity index (χ1v) is 5.27. The third-order valence-corrected chi connectivity index (χ3v) is 3.08. The number of ketones is 1. The number of carbonyl (C=O) groups is 1. The highest BCUT2D eigenvalue weighted by atomic mass is 32.2. The summed E-state index contributed by atoms with van der Waals surface area (Å²) >= 11 is 1.76. The van der Waals surface area contributed by atoms with Gasteiger partial charge < -0.3 is 0 Å². The van der Waals surface area contributed by atoms with Crippen LogP contribution < -0.4 is 0 Å². The highest BCUT2D eigenvalue weighted by molar-refractivity contribution is 8.00. The molecular formula is C9H18OS. The fourth-order valence-electron chi connectivity index (χ4n) is 0.509. The fourth-order valence-corrected chi connectivity index (χ4v) is 1.53. The monoisotopic (exact) mass is 174 g/mol. The second-order valence-corrected chi connectivity index (χ2v) is 4.58. The van der Waals surface area contributed by atoms with Crippen LogP contribution in [-0.4, -0.2) is 16.8 Å².